The molecular formula is C6H9NO. The van der Waals surface area contributed by atoms with Gasteiger partial charge in [0.25, 0.3) is 0 Å². The molecule has 3 rings (SSSR count). The number of nitrogens with one attached hydrogen (secondary N) is 1. The van der Waals surface area contributed by atoms with E-state index in [4.69, 9.17) is 0 Å². The Bertz CT molecular complexity index is 110. The SMILES string of the molecule is O=CC1C2CNC1C2. The van der Waals surface area contributed by atoms with Gasteiger partial charge >= 0.3 is 0 Å². The van der Waals surface area contributed by atoms with Gasteiger partial charge in [0.2, 0.25) is 0 Å². The lowest BCUT2D eigenvalue weighted by Gasteiger charge is -2.29. The zero-order chi connectivity index (χ0) is 5.56. The summed E-state index contributed by atoms with van der Waals surface area (Å²) in [6, 6.07) is 0.553. The average molecular weight is 111 g/mol. The molecule has 2 aliphatic heterocycles. The van der Waals surface area contributed by atoms with Gasteiger partial charge in [0.1, 0.15) is 6.29 Å². The van der Waals surface area contributed by atoms with E-state index in [-0.39, 0.29) is 0 Å². The van der Waals surface area contributed by atoms with Gasteiger partial charge in [0.15, 0.2) is 0 Å². The summed E-state index contributed by atoms with van der Waals surface area (Å²) < 4.78 is 0. The molecule has 44 valence electrons. The molecule has 1 N–H and O–H groups in total. The molecule has 1 saturated carbocycles. The number of fused-ring (bicyclic) bond motifs is 1. The molecule has 2 heterocycles. The van der Waals surface area contributed by atoms with Crippen LogP contribution in [0.4, 0.5) is 0 Å². The van der Waals surface area contributed by atoms with E-state index in [2.05, 4.69) is 5.32 Å². The molecule has 2 bridgehead atoms. The molecule has 0 aromatic carbocycles. The van der Waals surface area contributed by atoms with E-state index < -0.39 is 0 Å². The van der Waals surface area contributed by atoms with Crippen molar-refractivity contribution in [2.45, 2.75) is 12.5 Å². The molecular weight excluding hydrogens is 102 g/mol. The lowest BCUT2D eigenvalue weighted by atomic mass is 9.75. The molecule has 0 aromatic heterocycles. The second kappa shape index (κ2) is 1.32. The van der Waals surface area contributed by atoms with E-state index in [0.29, 0.717) is 17.9 Å². The largest absolute Gasteiger partial charge is 0.313 e. The number of hydrogen-bond acceptors (Lipinski definition) is 2. The molecule has 3 fully saturated rings. The van der Waals surface area contributed by atoms with Gasteiger partial charge in [-0.2, -0.15) is 0 Å². The molecule has 3 atom stereocenters. The van der Waals surface area contributed by atoms with Crippen LogP contribution in [-0.2, 0) is 4.79 Å². The minimum Gasteiger partial charge on any atom is -0.313 e. The molecule has 2 nitrogen and oxygen atoms in total. The highest BCUT2D eigenvalue weighted by molar-refractivity contribution is 5.58. The van der Waals surface area contributed by atoms with Crippen LogP contribution in [0, 0.1) is 11.8 Å². The first-order valence-electron chi connectivity index (χ1n) is 3.10. The van der Waals surface area contributed by atoms with E-state index in [1.165, 1.54) is 6.42 Å². The van der Waals surface area contributed by atoms with Crippen molar-refractivity contribution in [1.29, 1.82) is 0 Å². The van der Waals surface area contributed by atoms with E-state index >= 15 is 0 Å². The van der Waals surface area contributed by atoms with Crippen molar-refractivity contribution in [1.82, 2.24) is 5.32 Å². The fraction of sp³-hybridized carbons (Fsp3) is 0.833. The van der Waals surface area contributed by atoms with E-state index in [9.17, 15) is 4.79 Å². The van der Waals surface area contributed by atoms with Crippen LogP contribution in [0.3, 0.4) is 0 Å². The molecule has 3 aliphatic rings. The number of rotatable bonds is 1. The minimum atomic E-state index is 0.370. The van der Waals surface area contributed by atoms with Crippen molar-refractivity contribution < 1.29 is 4.79 Å². The summed E-state index contributed by atoms with van der Waals surface area (Å²) >= 11 is 0. The summed E-state index contributed by atoms with van der Waals surface area (Å²) in [6.07, 6.45) is 2.34. The van der Waals surface area contributed by atoms with E-state index in [1.54, 1.807) is 0 Å². The molecule has 8 heavy (non-hydrogen) atoms. The van der Waals surface area contributed by atoms with Crippen LogP contribution in [0.1, 0.15) is 6.42 Å². The highest BCUT2D eigenvalue weighted by atomic mass is 16.1. The smallest absolute Gasteiger partial charge is 0.124 e. The summed E-state index contributed by atoms with van der Waals surface area (Å²) in [5.74, 6) is 1.06. The Morgan fingerprint density at radius 3 is 2.75 bits per heavy atom. The maximum Gasteiger partial charge on any atom is 0.124 e. The molecule has 0 aromatic rings. The fourth-order valence-electron chi connectivity index (χ4n) is 1.72. The first-order valence-corrected chi connectivity index (χ1v) is 3.10. The highest BCUT2D eigenvalue weighted by Gasteiger charge is 2.46. The Morgan fingerprint density at radius 1 is 1.62 bits per heavy atom. The molecule has 0 radical (unpaired) electrons. The zero-order valence-electron chi connectivity index (χ0n) is 4.63. The molecule has 3 unspecified atom stereocenters. The Hall–Kier alpha value is -0.370. The Kier molecular flexibility index (Phi) is 0.742. The van der Waals surface area contributed by atoms with Crippen LogP contribution < -0.4 is 5.32 Å². The van der Waals surface area contributed by atoms with E-state index in [1.807, 2.05) is 0 Å². The van der Waals surface area contributed by atoms with Crippen molar-refractivity contribution >= 4 is 6.29 Å². The quantitative estimate of drug-likeness (QED) is 0.474. The summed E-state index contributed by atoms with van der Waals surface area (Å²) in [4.78, 5) is 10.2. The summed E-state index contributed by atoms with van der Waals surface area (Å²) in [6.45, 7) is 1.08. The van der Waals surface area contributed by atoms with Crippen molar-refractivity contribution in [3.63, 3.8) is 0 Å². The van der Waals surface area contributed by atoms with Crippen LogP contribution in [0.15, 0.2) is 0 Å². The first-order chi connectivity index (χ1) is 3.92. The highest BCUT2D eigenvalue weighted by Crippen LogP contribution is 2.38. The summed E-state index contributed by atoms with van der Waals surface area (Å²) in [5, 5.41) is 3.26. The number of hydrogen-bond donors (Lipinski definition) is 1. The van der Waals surface area contributed by atoms with Gasteiger partial charge in [-0.3, -0.25) is 0 Å². The van der Waals surface area contributed by atoms with Gasteiger partial charge in [-0.05, 0) is 18.9 Å². The minimum absolute atomic E-state index is 0.370. The second-order valence-electron chi connectivity index (χ2n) is 2.72. The number of carbonyl (C=O) groups is 1. The lowest BCUT2D eigenvalue weighted by Crippen LogP contribution is -2.37. The molecule has 0 spiro atoms. The summed E-state index contributed by atoms with van der Waals surface area (Å²) in [5.41, 5.74) is 0. The first kappa shape index (κ1) is 4.50. The standard InChI is InChI=1S/C6H9NO/c8-3-5-4-1-6(5)7-2-4/h3-7H,1-2H2. The maximum atomic E-state index is 10.2. The van der Waals surface area contributed by atoms with Crippen molar-refractivity contribution in [2.75, 3.05) is 6.54 Å². The lowest BCUT2D eigenvalue weighted by molar-refractivity contribution is -0.114. The van der Waals surface area contributed by atoms with Gasteiger partial charge in [-0.25, -0.2) is 0 Å². The zero-order valence-corrected chi connectivity index (χ0v) is 4.63. The maximum absolute atomic E-state index is 10.2. The topological polar surface area (TPSA) is 29.1 Å². The van der Waals surface area contributed by atoms with E-state index in [0.717, 1.165) is 12.8 Å². The molecule has 1 aliphatic carbocycles. The number of aldehydes is 1. The number of carbonyl (C=O) groups excluding carboxylic acids is 1. The predicted molar refractivity (Wildman–Crippen MR) is 29.5 cm³/mol. The summed E-state index contributed by atoms with van der Waals surface area (Å²) in [7, 11) is 0. The molecule has 2 heteroatoms. The molecule has 0 amide bonds. The van der Waals surface area contributed by atoms with Gasteiger partial charge in [0, 0.05) is 12.0 Å². The van der Waals surface area contributed by atoms with Crippen molar-refractivity contribution in [2.24, 2.45) is 11.8 Å². The van der Waals surface area contributed by atoms with Gasteiger partial charge < -0.3 is 10.1 Å². The third-order valence-corrected chi connectivity index (χ3v) is 2.36. The third kappa shape index (κ3) is 0.348. The molecule has 2 saturated heterocycles. The van der Waals surface area contributed by atoms with Crippen LogP contribution in [0.25, 0.3) is 0 Å². The van der Waals surface area contributed by atoms with Crippen molar-refractivity contribution in [3.8, 4) is 0 Å². The van der Waals surface area contributed by atoms with Crippen molar-refractivity contribution in [3.05, 3.63) is 0 Å². The van der Waals surface area contributed by atoms with Crippen LogP contribution in [-0.4, -0.2) is 18.9 Å². The van der Waals surface area contributed by atoms with Crippen LogP contribution in [0.2, 0.25) is 0 Å². The second-order valence-corrected chi connectivity index (χ2v) is 2.72. The Balaban J connectivity index is 2.11. The fourth-order valence-corrected chi connectivity index (χ4v) is 1.72. The average Bonchev–Trinajstić information content (AvgIpc) is 2.19. The van der Waals surface area contributed by atoms with Crippen LogP contribution >= 0.6 is 0 Å². The Labute approximate surface area is 48.3 Å². The normalized spacial score (nSPS) is 50.8. The van der Waals surface area contributed by atoms with Crippen LogP contribution in [0.5, 0.6) is 0 Å². The van der Waals surface area contributed by atoms with Gasteiger partial charge in [0.05, 0.1) is 0 Å². The monoisotopic (exact) mass is 111 g/mol. The van der Waals surface area contributed by atoms with Gasteiger partial charge in [-0.15, -0.1) is 0 Å². The van der Waals surface area contributed by atoms with Gasteiger partial charge in [-0.1, -0.05) is 0 Å². The predicted octanol–water partition coefficient (Wildman–Crippen LogP) is -0.207. The Morgan fingerprint density at radius 2 is 2.50 bits per heavy atom. The third-order valence-electron chi connectivity index (χ3n) is 2.36.